The molecule has 0 heterocycles. The van der Waals surface area contributed by atoms with E-state index in [1.807, 2.05) is 0 Å². The number of carbonyl (C=O) groups excluding carboxylic acids is 1. The first-order valence-electron chi connectivity index (χ1n) is 5.35. The first-order chi connectivity index (χ1) is 7.22. The van der Waals surface area contributed by atoms with Gasteiger partial charge in [-0.1, -0.05) is 0 Å². The maximum Gasteiger partial charge on any atom is 0.237 e. The van der Waals surface area contributed by atoms with Crippen LogP contribution in [-0.2, 0) is 9.53 Å². The van der Waals surface area contributed by atoms with Crippen molar-refractivity contribution in [3.8, 4) is 0 Å². The Kier molecular flexibility index (Phi) is 9.46. The van der Waals surface area contributed by atoms with Crippen molar-refractivity contribution in [2.24, 2.45) is 5.73 Å². The van der Waals surface area contributed by atoms with Gasteiger partial charge in [0.25, 0.3) is 0 Å². The molecule has 4 N–H and O–H groups in total. The largest absolute Gasteiger partial charge is 0.396 e. The summed E-state index contributed by atoms with van der Waals surface area (Å²) in [5.41, 5.74) is 5.61. The zero-order chi connectivity index (χ0) is 11.5. The fourth-order valence-electron chi connectivity index (χ4n) is 1.13. The zero-order valence-electron chi connectivity index (χ0n) is 9.37. The van der Waals surface area contributed by atoms with E-state index in [4.69, 9.17) is 15.6 Å². The van der Waals surface area contributed by atoms with Crippen LogP contribution in [0.4, 0.5) is 0 Å². The van der Waals surface area contributed by atoms with E-state index in [9.17, 15) is 4.79 Å². The summed E-state index contributed by atoms with van der Waals surface area (Å²) in [4.78, 5) is 11.3. The summed E-state index contributed by atoms with van der Waals surface area (Å²) in [6.07, 6.45) is 3.12. The number of hydrogen-bond donors (Lipinski definition) is 3. The zero-order valence-corrected chi connectivity index (χ0v) is 9.37. The number of carbonyl (C=O) groups is 1. The normalized spacial score (nSPS) is 12.5. The van der Waals surface area contributed by atoms with Crippen LogP contribution in [0.25, 0.3) is 0 Å². The van der Waals surface area contributed by atoms with E-state index < -0.39 is 6.04 Å². The van der Waals surface area contributed by atoms with Crippen molar-refractivity contribution in [2.75, 3.05) is 26.9 Å². The fraction of sp³-hybridized carbons (Fsp3) is 0.900. The number of unbranched alkanes of at least 4 members (excludes halogenated alkanes) is 2. The van der Waals surface area contributed by atoms with Gasteiger partial charge in [0, 0.05) is 26.9 Å². The third-order valence-corrected chi connectivity index (χ3v) is 2.10. The number of aliphatic hydroxyl groups excluding tert-OH is 1. The number of nitrogens with one attached hydrogen (secondary N) is 1. The Morgan fingerprint density at radius 1 is 1.47 bits per heavy atom. The van der Waals surface area contributed by atoms with E-state index in [-0.39, 0.29) is 12.5 Å². The number of aliphatic hydroxyl groups is 1. The van der Waals surface area contributed by atoms with Crippen LogP contribution in [-0.4, -0.2) is 43.9 Å². The molecule has 0 fully saturated rings. The molecule has 0 aliphatic rings. The van der Waals surface area contributed by atoms with E-state index in [1.165, 1.54) is 0 Å². The summed E-state index contributed by atoms with van der Waals surface area (Å²) in [6, 6.07) is -0.484. The van der Waals surface area contributed by atoms with Crippen molar-refractivity contribution < 1.29 is 14.6 Å². The van der Waals surface area contributed by atoms with Crippen molar-refractivity contribution >= 4 is 5.91 Å². The molecule has 0 aliphatic heterocycles. The van der Waals surface area contributed by atoms with Crippen LogP contribution in [0, 0.1) is 0 Å². The second-order valence-electron chi connectivity index (χ2n) is 3.46. The van der Waals surface area contributed by atoms with E-state index in [2.05, 4.69) is 5.32 Å². The minimum atomic E-state index is -0.484. The number of ether oxygens (including phenoxy) is 1. The van der Waals surface area contributed by atoms with Crippen molar-refractivity contribution in [1.29, 1.82) is 0 Å². The minimum Gasteiger partial charge on any atom is -0.396 e. The highest BCUT2D eigenvalue weighted by atomic mass is 16.5. The van der Waals surface area contributed by atoms with Crippen LogP contribution < -0.4 is 11.1 Å². The van der Waals surface area contributed by atoms with Gasteiger partial charge in [-0.05, 0) is 25.7 Å². The quantitative estimate of drug-likeness (QED) is 0.461. The van der Waals surface area contributed by atoms with Crippen LogP contribution in [0.1, 0.15) is 25.7 Å². The molecule has 0 aromatic rings. The number of amides is 1. The molecule has 90 valence electrons. The van der Waals surface area contributed by atoms with Crippen molar-refractivity contribution in [3.05, 3.63) is 0 Å². The maximum absolute atomic E-state index is 11.3. The van der Waals surface area contributed by atoms with Gasteiger partial charge in [0.1, 0.15) is 0 Å². The number of methoxy groups -OCH3 is 1. The molecule has 0 saturated carbocycles. The van der Waals surface area contributed by atoms with Crippen LogP contribution in [0.2, 0.25) is 0 Å². The SMILES string of the molecule is COCCC(N)C(=O)NCCCCCO. The van der Waals surface area contributed by atoms with Gasteiger partial charge < -0.3 is 20.9 Å². The van der Waals surface area contributed by atoms with Gasteiger partial charge in [0.05, 0.1) is 6.04 Å². The van der Waals surface area contributed by atoms with E-state index in [1.54, 1.807) is 7.11 Å². The van der Waals surface area contributed by atoms with E-state index in [0.29, 0.717) is 19.6 Å². The number of rotatable bonds is 9. The molecule has 0 spiro atoms. The molecule has 0 aromatic heterocycles. The summed E-state index contributed by atoms with van der Waals surface area (Å²) in [6.45, 7) is 1.33. The smallest absolute Gasteiger partial charge is 0.237 e. The van der Waals surface area contributed by atoms with Crippen molar-refractivity contribution in [1.82, 2.24) is 5.32 Å². The summed E-state index contributed by atoms with van der Waals surface area (Å²) in [5, 5.41) is 11.3. The lowest BCUT2D eigenvalue weighted by atomic mass is 10.2. The van der Waals surface area contributed by atoms with Crippen LogP contribution in [0.5, 0.6) is 0 Å². The molecule has 0 aromatic carbocycles. The van der Waals surface area contributed by atoms with Crippen molar-refractivity contribution in [2.45, 2.75) is 31.7 Å². The van der Waals surface area contributed by atoms with E-state index >= 15 is 0 Å². The first kappa shape index (κ1) is 14.3. The van der Waals surface area contributed by atoms with Gasteiger partial charge in [0.15, 0.2) is 0 Å². The standard InChI is InChI=1S/C10H22N2O3/c1-15-8-5-9(11)10(14)12-6-3-2-4-7-13/h9,13H,2-8,11H2,1H3,(H,12,14). The lowest BCUT2D eigenvalue weighted by molar-refractivity contribution is -0.122. The molecule has 5 nitrogen and oxygen atoms in total. The predicted octanol–water partition coefficient (Wildman–Crippen LogP) is -0.371. The van der Waals surface area contributed by atoms with Crippen molar-refractivity contribution in [3.63, 3.8) is 0 Å². The Balaban J connectivity index is 3.38. The summed E-state index contributed by atoms with van der Waals surface area (Å²) < 4.78 is 4.83. The highest BCUT2D eigenvalue weighted by Gasteiger charge is 2.11. The summed E-state index contributed by atoms with van der Waals surface area (Å²) >= 11 is 0. The molecule has 0 bridgehead atoms. The highest BCUT2D eigenvalue weighted by Crippen LogP contribution is 1.93. The molecule has 1 unspecified atom stereocenters. The minimum absolute atomic E-state index is 0.129. The van der Waals surface area contributed by atoms with Gasteiger partial charge in [-0.3, -0.25) is 4.79 Å². The summed E-state index contributed by atoms with van der Waals surface area (Å²) in [7, 11) is 1.58. The van der Waals surface area contributed by atoms with Gasteiger partial charge in [-0.15, -0.1) is 0 Å². The summed E-state index contributed by atoms with van der Waals surface area (Å²) in [5.74, 6) is -0.129. The molecule has 0 aliphatic carbocycles. The lowest BCUT2D eigenvalue weighted by Crippen LogP contribution is -2.41. The predicted molar refractivity (Wildman–Crippen MR) is 58.4 cm³/mol. The van der Waals surface area contributed by atoms with Gasteiger partial charge in [0.2, 0.25) is 5.91 Å². The average Bonchev–Trinajstić information content (AvgIpc) is 2.25. The number of hydrogen-bond acceptors (Lipinski definition) is 4. The Bertz CT molecular complexity index is 165. The number of nitrogens with two attached hydrogens (primary N) is 1. The van der Waals surface area contributed by atoms with Crippen LogP contribution in [0.3, 0.4) is 0 Å². The molecule has 1 atom stereocenters. The van der Waals surface area contributed by atoms with Crippen LogP contribution in [0.15, 0.2) is 0 Å². The lowest BCUT2D eigenvalue weighted by Gasteiger charge is -2.11. The Labute approximate surface area is 91.0 Å². The second-order valence-corrected chi connectivity index (χ2v) is 3.46. The molecule has 0 rings (SSSR count). The third kappa shape index (κ3) is 8.35. The second kappa shape index (κ2) is 9.89. The van der Waals surface area contributed by atoms with Gasteiger partial charge in [-0.25, -0.2) is 0 Å². The topological polar surface area (TPSA) is 84.6 Å². The average molecular weight is 218 g/mol. The first-order valence-corrected chi connectivity index (χ1v) is 5.35. The van der Waals surface area contributed by atoms with Gasteiger partial charge in [-0.2, -0.15) is 0 Å². The van der Waals surface area contributed by atoms with Gasteiger partial charge >= 0.3 is 0 Å². The van der Waals surface area contributed by atoms with E-state index in [0.717, 1.165) is 19.3 Å². The molecule has 0 saturated heterocycles. The van der Waals surface area contributed by atoms with Crippen LogP contribution >= 0.6 is 0 Å². The Morgan fingerprint density at radius 2 is 2.20 bits per heavy atom. The third-order valence-electron chi connectivity index (χ3n) is 2.10. The highest BCUT2D eigenvalue weighted by molar-refractivity contribution is 5.81. The molecule has 1 amide bonds. The molecular formula is C10H22N2O3. The Morgan fingerprint density at radius 3 is 2.80 bits per heavy atom. The molecule has 5 heteroatoms. The molecule has 15 heavy (non-hydrogen) atoms. The maximum atomic E-state index is 11.3. The fourth-order valence-corrected chi connectivity index (χ4v) is 1.13. The monoisotopic (exact) mass is 218 g/mol. The molecule has 0 radical (unpaired) electrons. The Hall–Kier alpha value is -0.650. The molecular weight excluding hydrogens is 196 g/mol.